The molecule has 3 aromatic rings. The highest BCUT2D eigenvalue weighted by Crippen LogP contribution is 2.33. The Labute approximate surface area is 206 Å². The van der Waals surface area contributed by atoms with Gasteiger partial charge in [0.05, 0.1) is 5.92 Å². The third-order valence-electron chi connectivity index (χ3n) is 6.61. The van der Waals surface area contributed by atoms with E-state index in [2.05, 4.69) is 24.6 Å². The van der Waals surface area contributed by atoms with Crippen molar-refractivity contribution in [2.45, 2.75) is 47.0 Å². The number of hydrogen-bond donors (Lipinski definition) is 2. The molecule has 0 saturated carbocycles. The van der Waals surface area contributed by atoms with E-state index in [0.29, 0.717) is 17.8 Å². The Morgan fingerprint density at radius 1 is 0.943 bits per heavy atom. The lowest BCUT2D eigenvalue weighted by Gasteiger charge is -2.23. The summed E-state index contributed by atoms with van der Waals surface area (Å²) in [5.41, 5.74) is 8.86. The molecule has 1 aromatic heterocycles. The van der Waals surface area contributed by atoms with Crippen molar-refractivity contribution >= 4 is 29.1 Å². The number of nitrogens with zero attached hydrogens (tertiary/aromatic N) is 2. The molecule has 182 valence electrons. The van der Waals surface area contributed by atoms with Crippen LogP contribution in [0.15, 0.2) is 54.6 Å². The SMILES string of the molecule is CCc1cccc(CC)c1N1C[C@@H](C(=O)Nc2cccc(C(=O)Nn3c(C)ccc3C)c2)CC1=O. The quantitative estimate of drug-likeness (QED) is 0.527. The fourth-order valence-corrected chi connectivity index (χ4v) is 4.65. The van der Waals surface area contributed by atoms with Crippen molar-refractivity contribution in [3.8, 4) is 0 Å². The Morgan fingerprint density at radius 3 is 2.20 bits per heavy atom. The van der Waals surface area contributed by atoms with Crippen LogP contribution in [0.25, 0.3) is 0 Å². The van der Waals surface area contributed by atoms with Gasteiger partial charge in [0.1, 0.15) is 0 Å². The smallest absolute Gasteiger partial charge is 0.270 e. The largest absolute Gasteiger partial charge is 0.326 e. The van der Waals surface area contributed by atoms with Gasteiger partial charge >= 0.3 is 0 Å². The third-order valence-corrected chi connectivity index (χ3v) is 6.61. The molecule has 1 aliphatic rings. The third kappa shape index (κ3) is 4.99. The average Bonchev–Trinajstić information content (AvgIpc) is 3.40. The van der Waals surface area contributed by atoms with Gasteiger partial charge in [-0.3, -0.25) is 24.5 Å². The summed E-state index contributed by atoms with van der Waals surface area (Å²) in [4.78, 5) is 40.5. The summed E-state index contributed by atoms with van der Waals surface area (Å²) >= 11 is 0. The molecule has 4 rings (SSSR count). The van der Waals surface area contributed by atoms with Crippen molar-refractivity contribution < 1.29 is 14.4 Å². The number of benzene rings is 2. The first-order valence-electron chi connectivity index (χ1n) is 12.1. The molecule has 3 amide bonds. The topological polar surface area (TPSA) is 83.4 Å². The molecular weight excluding hydrogens is 440 g/mol. The van der Waals surface area contributed by atoms with Gasteiger partial charge in [-0.15, -0.1) is 0 Å². The molecule has 1 atom stereocenters. The summed E-state index contributed by atoms with van der Waals surface area (Å²) in [6, 6.07) is 16.8. The summed E-state index contributed by atoms with van der Waals surface area (Å²) in [7, 11) is 0. The van der Waals surface area contributed by atoms with Crippen LogP contribution >= 0.6 is 0 Å². The molecular formula is C28H32N4O3. The van der Waals surface area contributed by atoms with E-state index < -0.39 is 5.92 Å². The number of carbonyl (C=O) groups excluding carboxylic acids is 3. The molecule has 0 bridgehead atoms. The van der Waals surface area contributed by atoms with Crippen molar-refractivity contribution in [3.63, 3.8) is 0 Å². The summed E-state index contributed by atoms with van der Waals surface area (Å²) in [5.74, 6) is -0.984. The highest BCUT2D eigenvalue weighted by atomic mass is 16.2. The summed E-state index contributed by atoms with van der Waals surface area (Å²) in [6.07, 6.45) is 1.81. The molecule has 0 radical (unpaired) electrons. The average molecular weight is 473 g/mol. The zero-order chi connectivity index (χ0) is 25.1. The van der Waals surface area contributed by atoms with Crippen LogP contribution in [0.5, 0.6) is 0 Å². The van der Waals surface area contributed by atoms with Gasteiger partial charge in [-0.2, -0.15) is 0 Å². The number of nitrogens with one attached hydrogen (secondary N) is 2. The molecule has 0 aliphatic carbocycles. The Bertz CT molecular complexity index is 1240. The zero-order valence-electron chi connectivity index (χ0n) is 20.7. The fraction of sp³-hybridized carbons (Fsp3) is 0.321. The van der Waals surface area contributed by atoms with Gasteiger partial charge in [0.15, 0.2) is 0 Å². The first kappa shape index (κ1) is 24.3. The van der Waals surface area contributed by atoms with E-state index in [9.17, 15) is 14.4 Å². The van der Waals surface area contributed by atoms with Crippen LogP contribution in [0.1, 0.15) is 53.1 Å². The highest BCUT2D eigenvalue weighted by molar-refractivity contribution is 6.05. The van der Waals surface area contributed by atoms with Crippen LogP contribution in [0.4, 0.5) is 11.4 Å². The number of anilines is 2. The number of hydrogen-bond acceptors (Lipinski definition) is 3. The zero-order valence-corrected chi connectivity index (χ0v) is 20.7. The van der Waals surface area contributed by atoms with E-state index in [0.717, 1.165) is 41.0 Å². The van der Waals surface area contributed by atoms with E-state index in [1.54, 1.807) is 33.8 Å². The molecule has 0 spiro atoms. The fourth-order valence-electron chi connectivity index (χ4n) is 4.65. The lowest BCUT2D eigenvalue weighted by Crippen LogP contribution is -2.29. The van der Waals surface area contributed by atoms with Gasteiger partial charge in [0.25, 0.3) is 5.91 Å². The molecule has 35 heavy (non-hydrogen) atoms. The molecule has 1 fully saturated rings. The molecule has 1 saturated heterocycles. The minimum atomic E-state index is -0.459. The van der Waals surface area contributed by atoms with Gasteiger partial charge in [-0.05, 0) is 68.1 Å². The van der Waals surface area contributed by atoms with E-state index in [1.165, 1.54) is 0 Å². The second kappa shape index (κ2) is 10.2. The lowest BCUT2D eigenvalue weighted by atomic mass is 10.0. The van der Waals surface area contributed by atoms with Crippen LogP contribution < -0.4 is 15.6 Å². The van der Waals surface area contributed by atoms with Crippen molar-refractivity contribution in [1.29, 1.82) is 0 Å². The number of para-hydroxylation sites is 1. The number of aromatic nitrogens is 1. The first-order chi connectivity index (χ1) is 16.8. The summed E-state index contributed by atoms with van der Waals surface area (Å²) < 4.78 is 1.73. The Hall–Kier alpha value is -3.87. The minimum absolute atomic E-state index is 0.0358. The normalized spacial score (nSPS) is 15.4. The number of aryl methyl sites for hydroxylation is 4. The van der Waals surface area contributed by atoms with E-state index >= 15 is 0 Å². The van der Waals surface area contributed by atoms with Crippen LogP contribution in [-0.4, -0.2) is 28.9 Å². The van der Waals surface area contributed by atoms with E-state index in [-0.39, 0.29) is 24.1 Å². The second-order valence-corrected chi connectivity index (χ2v) is 9.00. The van der Waals surface area contributed by atoms with E-state index in [4.69, 9.17) is 0 Å². The van der Waals surface area contributed by atoms with Crippen molar-refractivity contribution in [1.82, 2.24) is 4.68 Å². The van der Waals surface area contributed by atoms with Crippen LogP contribution in [-0.2, 0) is 22.4 Å². The number of amides is 3. The lowest BCUT2D eigenvalue weighted by molar-refractivity contribution is -0.122. The van der Waals surface area contributed by atoms with E-state index in [1.807, 2.05) is 44.2 Å². The second-order valence-electron chi connectivity index (χ2n) is 9.00. The maximum atomic E-state index is 13.1. The molecule has 1 aliphatic heterocycles. The van der Waals surface area contributed by atoms with Gasteiger partial charge < -0.3 is 10.2 Å². The molecule has 2 aromatic carbocycles. The van der Waals surface area contributed by atoms with Crippen molar-refractivity contribution in [3.05, 3.63) is 82.7 Å². The van der Waals surface area contributed by atoms with Gasteiger partial charge in [-0.1, -0.05) is 38.1 Å². The highest BCUT2D eigenvalue weighted by Gasteiger charge is 2.36. The Kier molecular flexibility index (Phi) is 7.05. The number of rotatable bonds is 7. The molecule has 2 heterocycles. The Balaban J connectivity index is 1.47. The monoisotopic (exact) mass is 472 g/mol. The van der Waals surface area contributed by atoms with Crippen molar-refractivity contribution in [2.24, 2.45) is 5.92 Å². The van der Waals surface area contributed by atoms with Crippen LogP contribution in [0.3, 0.4) is 0 Å². The maximum Gasteiger partial charge on any atom is 0.270 e. The summed E-state index contributed by atoms with van der Waals surface area (Å²) in [5, 5.41) is 2.91. The molecule has 7 nitrogen and oxygen atoms in total. The van der Waals surface area contributed by atoms with Gasteiger partial charge in [0, 0.05) is 41.3 Å². The van der Waals surface area contributed by atoms with Crippen molar-refractivity contribution in [2.75, 3.05) is 22.2 Å². The first-order valence-corrected chi connectivity index (χ1v) is 12.1. The predicted molar refractivity (Wildman–Crippen MR) is 138 cm³/mol. The predicted octanol–water partition coefficient (Wildman–Crippen LogP) is 4.61. The molecule has 7 heteroatoms. The molecule has 2 N–H and O–H groups in total. The standard InChI is InChI=1S/C28H32N4O3/c1-5-20-9-7-10-21(6-2)26(20)31-17-23(16-25(31)33)27(34)29-24-12-8-11-22(15-24)28(35)30-32-18(3)13-14-19(32)4/h7-15,23H,5-6,16-17H2,1-4H3,(H,29,34)(H,30,35)/t23-/m0/s1. The van der Waals surface area contributed by atoms with Crippen LogP contribution in [0, 0.1) is 19.8 Å². The summed E-state index contributed by atoms with van der Waals surface area (Å²) in [6.45, 7) is 8.33. The number of carbonyl (C=O) groups is 3. The van der Waals surface area contributed by atoms with Gasteiger partial charge in [-0.25, -0.2) is 0 Å². The molecule has 0 unspecified atom stereocenters. The Morgan fingerprint density at radius 2 is 1.57 bits per heavy atom. The van der Waals surface area contributed by atoms with Gasteiger partial charge in [0.2, 0.25) is 11.8 Å². The minimum Gasteiger partial charge on any atom is -0.326 e. The maximum absolute atomic E-state index is 13.1. The van der Waals surface area contributed by atoms with Crippen LogP contribution in [0.2, 0.25) is 0 Å².